The summed E-state index contributed by atoms with van der Waals surface area (Å²) in [5, 5.41) is 20.5. The lowest BCUT2D eigenvalue weighted by molar-refractivity contribution is -0.136. The Morgan fingerprint density at radius 2 is 1.32 bits per heavy atom. The lowest BCUT2D eigenvalue weighted by Crippen LogP contribution is -2.65. The van der Waals surface area contributed by atoms with Crippen molar-refractivity contribution in [1.82, 2.24) is 4.98 Å². The number of aromatic nitrogens is 1. The summed E-state index contributed by atoms with van der Waals surface area (Å²) in [7, 11) is 0. The van der Waals surface area contributed by atoms with Gasteiger partial charge >= 0.3 is 11.9 Å². The van der Waals surface area contributed by atoms with E-state index < -0.39 is 23.6 Å². The minimum absolute atomic E-state index is 0.180. The molecule has 1 aliphatic rings. The molecule has 4 rings (SSSR count). The summed E-state index contributed by atoms with van der Waals surface area (Å²) in [6.45, 7) is 7.58. The fraction of sp³-hybridized carbons (Fsp3) is 0.222. The summed E-state index contributed by atoms with van der Waals surface area (Å²) in [6.07, 6.45) is 3.31. The van der Waals surface area contributed by atoms with Crippen LogP contribution in [-0.2, 0) is 15.3 Å². The van der Waals surface area contributed by atoms with E-state index in [1.807, 2.05) is 86.3 Å². The molecule has 2 N–H and O–H groups in total. The maximum atomic E-state index is 12.7. The van der Waals surface area contributed by atoms with Gasteiger partial charge in [0.15, 0.2) is 0 Å². The highest BCUT2D eigenvalue weighted by molar-refractivity contribution is 6.04. The lowest BCUT2D eigenvalue weighted by Gasteiger charge is -2.56. The maximum Gasteiger partial charge on any atom is 0.353 e. The van der Waals surface area contributed by atoms with Gasteiger partial charge < -0.3 is 20.0 Å². The van der Waals surface area contributed by atoms with Crippen LogP contribution in [0.3, 0.4) is 0 Å². The summed E-state index contributed by atoms with van der Waals surface area (Å²) < 4.78 is 0. The Balaban J connectivity index is 2.14. The molecule has 2 aromatic carbocycles. The van der Waals surface area contributed by atoms with Crippen molar-refractivity contribution in [2.24, 2.45) is 0 Å². The van der Waals surface area contributed by atoms with Gasteiger partial charge in [-0.1, -0.05) is 35.4 Å². The molecule has 0 radical (unpaired) electrons. The van der Waals surface area contributed by atoms with Crippen LogP contribution in [0.25, 0.3) is 0 Å². The van der Waals surface area contributed by atoms with Gasteiger partial charge in [0.1, 0.15) is 11.4 Å². The van der Waals surface area contributed by atoms with Gasteiger partial charge in [0.05, 0.1) is 11.6 Å². The zero-order valence-corrected chi connectivity index (χ0v) is 19.6. The molecule has 0 fully saturated rings. The van der Waals surface area contributed by atoms with Crippen molar-refractivity contribution in [3.63, 3.8) is 0 Å². The smallest absolute Gasteiger partial charge is 0.353 e. The van der Waals surface area contributed by atoms with E-state index in [1.165, 1.54) is 0 Å². The molecule has 174 valence electrons. The van der Waals surface area contributed by atoms with Crippen LogP contribution in [0.2, 0.25) is 0 Å². The highest BCUT2D eigenvalue weighted by atomic mass is 16.4. The highest BCUT2D eigenvalue weighted by Gasteiger charge is 2.52. The van der Waals surface area contributed by atoms with E-state index in [-0.39, 0.29) is 11.3 Å². The van der Waals surface area contributed by atoms with Crippen LogP contribution in [0.1, 0.15) is 30.5 Å². The summed E-state index contributed by atoms with van der Waals surface area (Å²) in [5.74, 6) is -2.57. The van der Waals surface area contributed by atoms with Gasteiger partial charge in [-0.25, -0.2) is 9.59 Å². The minimum atomic E-state index is -1.30. The molecule has 3 aromatic rings. The zero-order valence-electron chi connectivity index (χ0n) is 19.6. The molecular weight excluding hydrogens is 430 g/mol. The molecule has 7 nitrogen and oxygen atoms in total. The third-order valence-electron chi connectivity index (χ3n) is 6.45. The van der Waals surface area contributed by atoms with Crippen molar-refractivity contribution in [3.8, 4) is 0 Å². The Morgan fingerprint density at radius 1 is 0.824 bits per heavy atom. The van der Waals surface area contributed by atoms with E-state index in [2.05, 4.69) is 4.98 Å². The summed E-state index contributed by atoms with van der Waals surface area (Å²) in [6, 6.07) is 18.1. The first kappa shape index (κ1) is 23.0. The number of carboxylic acids is 2. The first-order chi connectivity index (χ1) is 16.2. The second-order valence-corrected chi connectivity index (χ2v) is 8.68. The Bertz CT molecular complexity index is 1250. The molecule has 0 aliphatic carbocycles. The van der Waals surface area contributed by atoms with E-state index in [1.54, 1.807) is 24.2 Å². The van der Waals surface area contributed by atoms with Crippen molar-refractivity contribution in [2.75, 3.05) is 9.80 Å². The minimum Gasteiger partial charge on any atom is -0.478 e. The Morgan fingerprint density at radius 3 is 1.79 bits per heavy atom. The monoisotopic (exact) mass is 457 g/mol. The number of hydrogen-bond donors (Lipinski definition) is 2. The number of rotatable bonds is 5. The average molecular weight is 458 g/mol. The zero-order chi connectivity index (χ0) is 24.6. The molecular formula is C27H27N3O4. The van der Waals surface area contributed by atoms with Crippen LogP contribution in [0.5, 0.6) is 0 Å². The fourth-order valence-electron chi connectivity index (χ4n) is 4.83. The summed E-state index contributed by atoms with van der Waals surface area (Å²) >= 11 is 0. The number of carboxylic acid groups (broad SMARTS) is 2. The molecule has 2 atom stereocenters. The standard InChI is InChI=1S/C27H27N3O4/c1-17-5-9-21(10-6-17)29-19(3)23(25(31)32)24(26(33)34)30(22-11-7-18(2)8-12-22)27(29,4)20-13-15-28-16-14-20/h5-16,19H,1-4H3,(H,31,32)(H,33,34). The van der Waals surface area contributed by atoms with Crippen molar-refractivity contribution in [1.29, 1.82) is 0 Å². The first-order valence-electron chi connectivity index (χ1n) is 11.0. The van der Waals surface area contributed by atoms with Crippen molar-refractivity contribution >= 4 is 23.3 Å². The van der Waals surface area contributed by atoms with Gasteiger partial charge in [-0.15, -0.1) is 0 Å². The van der Waals surface area contributed by atoms with Crippen LogP contribution in [0.4, 0.5) is 11.4 Å². The first-order valence-corrected chi connectivity index (χ1v) is 11.0. The van der Waals surface area contributed by atoms with Crippen LogP contribution in [-0.4, -0.2) is 33.2 Å². The number of benzene rings is 2. The Kier molecular flexibility index (Phi) is 5.87. The van der Waals surface area contributed by atoms with Gasteiger partial charge in [0, 0.05) is 29.3 Å². The van der Waals surface area contributed by atoms with E-state index in [9.17, 15) is 19.8 Å². The third-order valence-corrected chi connectivity index (χ3v) is 6.45. The van der Waals surface area contributed by atoms with E-state index in [0.29, 0.717) is 5.69 Å². The van der Waals surface area contributed by atoms with Gasteiger partial charge in [-0.05, 0) is 64.1 Å². The molecule has 2 unspecified atom stereocenters. The Hall–Kier alpha value is -4.13. The maximum absolute atomic E-state index is 12.7. The molecule has 0 saturated carbocycles. The SMILES string of the molecule is Cc1ccc(N2C(C(=O)O)=C(C(=O)O)C(C)N(c3ccc(C)cc3)C2(C)c2ccncc2)cc1. The summed E-state index contributed by atoms with van der Waals surface area (Å²) in [4.78, 5) is 32.9. The van der Waals surface area contributed by atoms with Crippen molar-refractivity contribution in [3.05, 3.63) is 101 Å². The van der Waals surface area contributed by atoms with Gasteiger partial charge in [-0.3, -0.25) is 4.98 Å². The molecule has 0 amide bonds. The molecule has 1 aliphatic heterocycles. The molecule has 2 heterocycles. The van der Waals surface area contributed by atoms with Crippen molar-refractivity contribution < 1.29 is 19.8 Å². The number of carbonyl (C=O) groups is 2. The molecule has 7 heteroatoms. The predicted octanol–water partition coefficient (Wildman–Crippen LogP) is 4.71. The Labute approximate surface area is 198 Å². The largest absolute Gasteiger partial charge is 0.478 e. The second kappa shape index (κ2) is 8.67. The highest BCUT2D eigenvalue weighted by Crippen LogP contribution is 2.48. The molecule has 1 aromatic heterocycles. The fourth-order valence-corrected chi connectivity index (χ4v) is 4.83. The van der Waals surface area contributed by atoms with Crippen LogP contribution in [0, 0.1) is 13.8 Å². The van der Waals surface area contributed by atoms with E-state index >= 15 is 0 Å². The third kappa shape index (κ3) is 3.69. The topological polar surface area (TPSA) is 94.0 Å². The normalized spacial score (nSPS) is 20.4. The van der Waals surface area contributed by atoms with Gasteiger partial charge in [0.25, 0.3) is 0 Å². The number of aliphatic carboxylic acids is 2. The van der Waals surface area contributed by atoms with E-state index in [0.717, 1.165) is 22.4 Å². The molecule has 0 spiro atoms. The molecule has 34 heavy (non-hydrogen) atoms. The van der Waals surface area contributed by atoms with Crippen molar-refractivity contribution in [2.45, 2.75) is 39.4 Å². The van der Waals surface area contributed by atoms with Crippen LogP contribution < -0.4 is 9.80 Å². The van der Waals surface area contributed by atoms with Crippen LogP contribution >= 0.6 is 0 Å². The lowest BCUT2D eigenvalue weighted by atomic mass is 9.86. The number of pyridine rings is 1. The summed E-state index contributed by atoms with van der Waals surface area (Å²) in [5.41, 5.74) is 2.68. The van der Waals surface area contributed by atoms with Crippen LogP contribution in [0.15, 0.2) is 84.3 Å². The number of aryl methyl sites for hydroxylation is 2. The number of nitrogens with zero attached hydrogens (tertiary/aromatic N) is 3. The molecule has 0 bridgehead atoms. The number of hydrogen-bond acceptors (Lipinski definition) is 5. The van der Waals surface area contributed by atoms with Gasteiger partial charge in [-0.2, -0.15) is 0 Å². The second-order valence-electron chi connectivity index (χ2n) is 8.68. The predicted molar refractivity (Wildman–Crippen MR) is 131 cm³/mol. The van der Waals surface area contributed by atoms with Gasteiger partial charge in [0.2, 0.25) is 0 Å². The van der Waals surface area contributed by atoms with E-state index in [4.69, 9.17) is 0 Å². The number of anilines is 2. The average Bonchev–Trinajstić information content (AvgIpc) is 2.81. The quantitative estimate of drug-likeness (QED) is 0.573. The molecule has 0 saturated heterocycles.